The summed E-state index contributed by atoms with van der Waals surface area (Å²) < 4.78 is 62.6. The highest BCUT2D eigenvalue weighted by Crippen LogP contribution is 2.37. The van der Waals surface area contributed by atoms with Crippen LogP contribution in [0.2, 0.25) is 0 Å². The molecule has 144 valence electrons. The van der Waals surface area contributed by atoms with Gasteiger partial charge in [0.1, 0.15) is 23.4 Å². The van der Waals surface area contributed by atoms with Gasteiger partial charge in [0.15, 0.2) is 5.78 Å². The SMILES string of the molecule is CC(=O)c1cc(-c2ccc(F)cc2F)c2c(n1)O[C@H]([C@H](C)OC(F)F)CC2. The maximum atomic E-state index is 14.3. The molecule has 0 N–H and O–H groups in total. The molecule has 0 aliphatic carbocycles. The molecule has 2 atom stereocenters. The summed E-state index contributed by atoms with van der Waals surface area (Å²) in [5.41, 5.74) is 1.04. The zero-order chi connectivity index (χ0) is 19.7. The Morgan fingerprint density at radius 2 is 2.00 bits per heavy atom. The summed E-state index contributed by atoms with van der Waals surface area (Å²) in [4.78, 5) is 16.0. The minimum Gasteiger partial charge on any atom is -0.471 e. The Hall–Kier alpha value is -2.48. The van der Waals surface area contributed by atoms with Crippen LogP contribution in [0.25, 0.3) is 11.1 Å². The molecule has 2 aromatic rings. The number of carbonyl (C=O) groups excluding carboxylic acids is 1. The molecule has 0 amide bonds. The number of alkyl halides is 2. The van der Waals surface area contributed by atoms with Crippen LogP contribution in [0.3, 0.4) is 0 Å². The van der Waals surface area contributed by atoms with Gasteiger partial charge in [0.2, 0.25) is 5.88 Å². The third-order valence-corrected chi connectivity index (χ3v) is 4.45. The number of aromatic nitrogens is 1. The van der Waals surface area contributed by atoms with Crippen molar-refractivity contribution >= 4 is 5.78 Å². The van der Waals surface area contributed by atoms with E-state index in [0.717, 1.165) is 12.1 Å². The van der Waals surface area contributed by atoms with E-state index in [9.17, 15) is 22.4 Å². The first-order valence-corrected chi connectivity index (χ1v) is 8.36. The number of pyridine rings is 1. The normalized spacial score (nSPS) is 17.4. The first kappa shape index (κ1) is 19.3. The molecule has 8 heteroatoms. The topological polar surface area (TPSA) is 48.4 Å². The first-order chi connectivity index (χ1) is 12.8. The van der Waals surface area contributed by atoms with Crippen LogP contribution in [0.15, 0.2) is 24.3 Å². The van der Waals surface area contributed by atoms with Gasteiger partial charge in [-0.05, 0) is 43.5 Å². The summed E-state index contributed by atoms with van der Waals surface area (Å²) in [5, 5.41) is 0. The van der Waals surface area contributed by atoms with Gasteiger partial charge >= 0.3 is 6.61 Å². The number of benzene rings is 1. The number of Topliss-reactive ketones (excluding diaryl/α,β-unsaturated/α-hetero) is 1. The predicted octanol–water partition coefficient (Wildman–Crippen LogP) is 4.55. The molecule has 3 rings (SSSR count). The molecule has 0 unspecified atom stereocenters. The second kappa shape index (κ2) is 7.64. The number of halogens is 4. The lowest BCUT2D eigenvalue weighted by Gasteiger charge is -2.30. The molecule has 0 bridgehead atoms. The van der Waals surface area contributed by atoms with Crippen molar-refractivity contribution in [1.29, 1.82) is 0 Å². The van der Waals surface area contributed by atoms with Crippen molar-refractivity contribution in [2.75, 3.05) is 0 Å². The van der Waals surface area contributed by atoms with Gasteiger partial charge in [0.25, 0.3) is 0 Å². The van der Waals surface area contributed by atoms with Gasteiger partial charge in [-0.3, -0.25) is 4.79 Å². The lowest BCUT2D eigenvalue weighted by molar-refractivity contribution is -0.180. The molecule has 0 saturated heterocycles. The quantitative estimate of drug-likeness (QED) is 0.561. The number of ketones is 1. The Kier molecular flexibility index (Phi) is 5.46. The van der Waals surface area contributed by atoms with Crippen molar-refractivity contribution in [3.63, 3.8) is 0 Å². The van der Waals surface area contributed by atoms with E-state index < -0.39 is 30.5 Å². The number of fused-ring (bicyclic) bond motifs is 1. The number of ether oxygens (including phenoxy) is 2. The molecule has 27 heavy (non-hydrogen) atoms. The minimum atomic E-state index is -2.94. The Bertz CT molecular complexity index is 872. The van der Waals surface area contributed by atoms with Crippen LogP contribution in [0.1, 0.15) is 36.3 Å². The van der Waals surface area contributed by atoms with E-state index in [2.05, 4.69) is 9.72 Å². The molecular formula is C19H17F4NO3. The lowest BCUT2D eigenvalue weighted by atomic mass is 9.92. The van der Waals surface area contributed by atoms with Gasteiger partial charge < -0.3 is 9.47 Å². The van der Waals surface area contributed by atoms with Crippen molar-refractivity contribution in [1.82, 2.24) is 4.98 Å². The smallest absolute Gasteiger partial charge is 0.345 e. The number of hydrogen-bond donors (Lipinski definition) is 0. The van der Waals surface area contributed by atoms with Crippen molar-refractivity contribution in [3.05, 3.63) is 47.2 Å². The maximum Gasteiger partial charge on any atom is 0.345 e. The van der Waals surface area contributed by atoms with E-state index >= 15 is 0 Å². The Labute approximate surface area is 153 Å². The zero-order valence-electron chi connectivity index (χ0n) is 14.6. The van der Waals surface area contributed by atoms with Crippen LogP contribution >= 0.6 is 0 Å². The van der Waals surface area contributed by atoms with Crippen LogP contribution in [-0.2, 0) is 11.2 Å². The van der Waals surface area contributed by atoms with Crippen molar-refractivity contribution in [2.45, 2.75) is 45.5 Å². The average Bonchev–Trinajstić information content (AvgIpc) is 2.59. The fraction of sp³-hybridized carbons (Fsp3) is 0.368. The van der Waals surface area contributed by atoms with Crippen LogP contribution < -0.4 is 4.74 Å². The zero-order valence-corrected chi connectivity index (χ0v) is 14.6. The van der Waals surface area contributed by atoms with Gasteiger partial charge in [0.05, 0.1) is 6.10 Å². The van der Waals surface area contributed by atoms with Crippen LogP contribution in [0.5, 0.6) is 5.88 Å². The number of rotatable bonds is 5. The molecule has 0 radical (unpaired) electrons. The molecule has 2 heterocycles. The van der Waals surface area contributed by atoms with Crippen LogP contribution in [0, 0.1) is 11.6 Å². The van der Waals surface area contributed by atoms with Gasteiger partial charge in [0, 0.05) is 24.1 Å². The molecule has 0 spiro atoms. The van der Waals surface area contributed by atoms with Gasteiger partial charge in [-0.25, -0.2) is 13.8 Å². The summed E-state index contributed by atoms with van der Waals surface area (Å²) in [5.74, 6) is -1.80. The van der Waals surface area contributed by atoms with E-state index in [-0.39, 0.29) is 22.9 Å². The minimum absolute atomic E-state index is 0.0376. The fourth-order valence-corrected chi connectivity index (χ4v) is 3.09. The summed E-state index contributed by atoms with van der Waals surface area (Å²) in [6.07, 6.45) is -0.884. The largest absolute Gasteiger partial charge is 0.471 e. The van der Waals surface area contributed by atoms with E-state index in [4.69, 9.17) is 4.74 Å². The first-order valence-electron chi connectivity index (χ1n) is 8.36. The second-order valence-corrected chi connectivity index (χ2v) is 6.32. The third kappa shape index (κ3) is 4.10. The molecule has 1 aliphatic heterocycles. The summed E-state index contributed by atoms with van der Waals surface area (Å²) >= 11 is 0. The highest BCUT2D eigenvalue weighted by Gasteiger charge is 2.31. The van der Waals surface area contributed by atoms with E-state index in [1.807, 2.05) is 0 Å². The van der Waals surface area contributed by atoms with Gasteiger partial charge in [-0.1, -0.05) is 0 Å². The van der Waals surface area contributed by atoms with Gasteiger partial charge in [-0.2, -0.15) is 8.78 Å². The Balaban J connectivity index is 2.05. The Morgan fingerprint density at radius 3 is 2.63 bits per heavy atom. The molecule has 1 aromatic heterocycles. The Morgan fingerprint density at radius 1 is 1.26 bits per heavy atom. The van der Waals surface area contributed by atoms with E-state index in [1.165, 1.54) is 26.0 Å². The number of nitrogens with zero attached hydrogens (tertiary/aromatic N) is 1. The highest BCUT2D eigenvalue weighted by atomic mass is 19.3. The van der Waals surface area contributed by atoms with Crippen LogP contribution in [0.4, 0.5) is 17.6 Å². The summed E-state index contributed by atoms with van der Waals surface area (Å²) in [6, 6.07) is 4.57. The van der Waals surface area contributed by atoms with E-state index in [0.29, 0.717) is 24.0 Å². The second-order valence-electron chi connectivity index (χ2n) is 6.32. The highest BCUT2D eigenvalue weighted by molar-refractivity contribution is 5.94. The van der Waals surface area contributed by atoms with Crippen molar-refractivity contribution in [2.24, 2.45) is 0 Å². The van der Waals surface area contributed by atoms with Crippen LogP contribution in [-0.4, -0.2) is 29.6 Å². The maximum absolute atomic E-state index is 14.3. The number of hydrogen-bond acceptors (Lipinski definition) is 4. The molecule has 4 nitrogen and oxygen atoms in total. The van der Waals surface area contributed by atoms with Gasteiger partial charge in [-0.15, -0.1) is 0 Å². The molecule has 0 fully saturated rings. The molecule has 0 saturated carbocycles. The monoisotopic (exact) mass is 383 g/mol. The lowest BCUT2D eigenvalue weighted by Crippen LogP contribution is -2.36. The molecule has 1 aromatic carbocycles. The van der Waals surface area contributed by atoms with Crippen molar-refractivity contribution < 1.29 is 31.8 Å². The summed E-state index contributed by atoms with van der Waals surface area (Å²) in [7, 11) is 0. The number of carbonyl (C=O) groups is 1. The third-order valence-electron chi connectivity index (χ3n) is 4.45. The average molecular weight is 383 g/mol. The summed E-state index contributed by atoms with van der Waals surface area (Å²) in [6.45, 7) is -0.190. The van der Waals surface area contributed by atoms with Crippen molar-refractivity contribution in [3.8, 4) is 17.0 Å². The molecule has 1 aliphatic rings. The van der Waals surface area contributed by atoms with E-state index in [1.54, 1.807) is 0 Å². The standard InChI is InChI=1S/C19H17F4NO3/c1-9(25)16-8-14(12-4-3-11(20)7-15(12)21)13-5-6-17(27-18(13)24-16)10(2)26-19(22)23/h3-4,7-8,10,17,19H,5-6H2,1-2H3/t10-,17-/m0/s1. The predicted molar refractivity (Wildman–Crippen MR) is 88.9 cm³/mol. The molecular weight excluding hydrogens is 366 g/mol. The fourth-order valence-electron chi connectivity index (χ4n) is 3.09.